The van der Waals surface area contributed by atoms with Crippen molar-refractivity contribution in [3.8, 4) is 0 Å². The van der Waals surface area contributed by atoms with Crippen LogP contribution in [0.3, 0.4) is 0 Å². The Balaban J connectivity index is 2.33. The van der Waals surface area contributed by atoms with Crippen LogP contribution in [-0.2, 0) is 4.74 Å². The summed E-state index contributed by atoms with van der Waals surface area (Å²) in [6.45, 7) is 8.07. The molecule has 0 aliphatic carbocycles. The van der Waals surface area contributed by atoms with Gasteiger partial charge in [0.05, 0.1) is 5.70 Å². The predicted octanol–water partition coefficient (Wildman–Crippen LogP) is 4.44. The Bertz CT molecular complexity index is 560. The maximum absolute atomic E-state index is 14.0. The number of benzene rings is 1. The number of carbonyl (C=O) groups excluding carboxylic acids is 1. The minimum Gasteiger partial charge on any atom is -0.443 e. The number of rotatable bonds is 1. The molecule has 0 fully saturated rings. The molecule has 2 rings (SSSR count). The van der Waals surface area contributed by atoms with Gasteiger partial charge in [0, 0.05) is 12.1 Å². The highest BCUT2D eigenvalue weighted by Gasteiger charge is 2.30. The third-order valence-corrected chi connectivity index (χ3v) is 3.26. The van der Waals surface area contributed by atoms with Crippen LogP contribution >= 0.6 is 0 Å². The average molecular weight is 291 g/mol. The number of amides is 1. The zero-order valence-corrected chi connectivity index (χ0v) is 13.0. The molecule has 1 aromatic carbocycles. The molecule has 0 aromatic heterocycles. The van der Waals surface area contributed by atoms with Crippen molar-refractivity contribution in [2.24, 2.45) is 5.92 Å². The third kappa shape index (κ3) is 3.84. The van der Waals surface area contributed by atoms with Crippen LogP contribution in [0, 0.1) is 11.7 Å². The Kier molecular flexibility index (Phi) is 4.35. The summed E-state index contributed by atoms with van der Waals surface area (Å²) in [5.41, 5.74) is 0.466. The molecule has 0 spiro atoms. The molecule has 1 heterocycles. The van der Waals surface area contributed by atoms with Gasteiger partial charge in [-0.3, -0.25) is 4.90 Å². The molecule has 1 aliphatic rings. The first-order valence-corrected chi connectivity index (χ1v) is 7.23. The van der Waals surface area contributed by atoms with Gasteiger partial charge in [-0.25, -0.2) is 9.18 Å². The molecular formula is C17H22FNO2. The Labute approximate surface area is 125 Å². The van der Waals surface area contributed by atoms with Crippen LogP contribution in [0.2, 0.25) is 0 Å². The molecule has 0 bridgehead atoms. The Morgan fingerprint density at radius 1 is 1.33 bits per heavy atom. The van der Waals surface area contributed by atoms with Crippen molar-refractivity contribution in [3.05, 3.63) is 41.7 Å². The van der Waals surface area contributed by atoms with Crippen LogP contribution in [-0.4, -0.2) is 23.1 Å². The van der Waals surface area contributed by atoms with Crippen molar-refractivity contribution >= 4 is 11.8 Å². The van der Waals surface area contributed by atoms with Gasteiger partial charge in [0.15, 0.2) is 0 Å². The second-order valence-corrected chi connectivity index (χ2v) is 6.50. The van der Waals surface area contributed by atoms with Gasteiger partial charge in [0.2, 0.25) is 0 Å². The van der Waals surface area contributed by atoms with Crippen molar-refractivity contribution < 1.29 is 13.9 Å². The normalized spacial score (nSPS) is 19.2. The lowest BCUT2D eigenvalue weighted by atomic mass is 9.98. The first-order valence-electron chi connectivity index (χ1n) is 7.23. The lowest BCUT2D eigenvalue weighted by molar-refractivity contribution is 0.0327. The second kappa shape index (κ2) is 5.88. The highest BCUT2D eigenvalue weighted by atomic mass is 19.1. The maximum atomic E-state index is 14.0. The fourth-order valence-electron chi connectivity index (χ4n) is 2.32. The molecule has 21 heavy (non-hydrogen) atoms. The summed E-state index contributed by atoms with van der Waals surface area (Å²) in [7, 11) is 0. The fraction of sp³-hybridized carbons (Fsp3) is 0.471. The van der Waals surface area contributed by atoms with E-state index in [2.05, 4.69) is 6.92 Å². The van der Waals surface area contributed by atoms with Gasteiger partial charge in [0.25, 0.3) is 0 Å². The Hall–Kier alpha value is -1.84. The van der Waals surface area contributed by atoms with Crippen molar-refractivity contribution in [2.45, 2.75) is 39.7 Å². The Morgan fingerprint density at radius 3 is 2.62 bits per heavy atom. The standard InChI is InChI=1S/C17H22FNO2/c1-12-9-10-15(13-7-5-6-8-14(13)18)19(11-12)16(20)21-17(2,3)4/h5-8,10,12H,9,11H2,1-4H3. The summed E-state index contributed by atoms with van der Waals surface area (Å²) in [6, 6.07) is 6.50. The van der Waals surface area contributed by atoms with Gasteiger partial charge in [-0.1, -0.05) is 25.1 Å². The van der Waals surface area contributed by atoms with Gasteiger partial charge in [0.1, 0.15) is 11.4 Å². The average Bonchev–Trinajstić information content (AvgIpc) is 2.37. The molecule has 1 aliphatic heterocycles. The molecular weight excluding hydrogens is 269 g/mol. The number of hydrogen-bond acceptors (Lipinski definition) is 2. The van der Waals surface area contributed by atoms with Crippen LogP contribution in [0.5, 0.6) is 0 Å². The molecule has 3 nitrogen and oxygen atoms in total. The summed E-state index contributed by atoms with van der Waals surface area (Å²) in [5.74, 6) is -0.0000893. The van der Waals surface area contributed by atoms with Crippen LogP contribution < -0.4 is 0 Å². The van der Waals surface area contributed by atoms with Crippen molar-refractivity contribution in [3.63, 3.8) is 0 Å². The molecule has 0 N–H and O–H groups in total. The summed E-state index contributed by atoms with van der Waals surface area (Å²) in [6.07, 6.45) is 2.31. The van der Waals surface area contributed by atoms with Gasteiger partial charge in [-0.2, -0.15) is 0 Å². The monoisotopic (exact) mass is 291 g/mol. The van der Waals surface area contributed by atoms with E-state index >= 15 is 0 Å². The quantitative estimate of drug-likeness (QED) is 0.765. The first kappa shape index (κ1) is 15.5. The van der Waals surface area contributed by atoms with E-state index in [1.807, 2.05) is 26.8 Å². The van der Waals surface area contributed by atoms with E-state index in [0.29, 0.717) is 23.7 Å². The van der Waals surface area contributed by atoms with E-state index in [1.54, 1.807) is 18.2 Å². The largest absolute Gasteiger partial charge is 0.443 e. The second-order valence-electron chi connectivity index (χ2n) is 6.50. The molecule has 1 aromatic rings. The summed E-state index contributed by atoms with van der Waals surface area (Å²) < 4.78 is 19.5. The molecule has 1 atom stereocenters. The lowest BCUT2D eigenvalue weighted by Crippen LogP contribution is -2.40. The van der Waals surface area contributed by atoms with Crippen LogP contribution in [0.25, 0.3) is 5.70 Å². The first-order chi connectivity index (χ1) is 9.78. The fourth-order valence-corrected chi connectivity index (χ4v) is 2.32. The number of ether oxygens (including phenoxy) is 1. The molecule has 1 amide bonds. The van der Waals surface area contributed by atoms with E-state index in [9.17, 15) is 9.18 Å². The zero-order chi connectivity index (χ0) is 15.6. The number of nitrogens with zero attached hydrogens (tertiary/aromatic N) is 1. The van der Waals surface area contributed by atoms with Gasteiger partial charge in [-0.15, -0.1) is 0 Å². The van der Waals surface area contributed by atoms with Gasteiger partial charge >= 0.3 is 6.09 Å². The Morgan fingerprint density at radius 2 is 2.00 bits per heavy atom. The topological polar surface area (TPSA) is 29.5 Å². The highest BCUT2D eigenvalue weighted by Crippen LogP contribution is 2.30. The minimum atomic E-state index is -0.571. The van der Waals surface area contributed by atoms with Crippen LogP contribution in [0.15, 0.2) is 30.3 Å². The highest BCUT2D eigenvalue weighted by molar-refractivity contribution is 5.83. The van der Waals surface area contributed by atoms with Crippen molar-refractivity contribution in [2.75, 3.05) is 6.54 Å². The maximum Gasteiger partial charge on any atom is 0.414 e. The minimum absolute atomic E-state index is 0.327. The molecule has 0 radical (unpaired) electrons. The number of carbonyl (C=O) groups is 1. The zero-order valence-electron chi connectivity index (χ0n) is 13.0. The van der Waals surface area contributed by atoms with Crippen molar-refractivity contribution in [1.82, 2.24) is 4.90 Å². The number of allylic oxidation sites excluding steroid dienone is 1. The molecule has 0 saturated carbocycles. The SMILES string of the molecule is CC1CC=C(c2ccccc2F)N(C(=O)OC(C)(C)C)C1. The molecule has 1 unspecified atom stereocenters. The smallest absolute Gasteiger partial charge is 0.414 e. The summed E-state index contributed by atoms with van der Waals surface area (Å²) in [4.78, 5) is 13.9. The lowest BCUT2D eigenvalue weighted by Gasteiger charge is -2.34. The summed E-state index contributed by atoms with van der Waals surface area (Å²) >= 11 is 0. The third-order valence-electron chi connectivity index (χ3n) is 3.26. The number of hydrogen-bond donors (Lipinski definition) is 0. The van der Waals surface area contributed by atoms with E-state index in [0.717, 1.165) is 6.42 Å². The van der Waals surface area contributed by atoms with E-state index in [4.69, 9.17) is 4.74 Å². The molecule has 114 valence electrons. The molecule has 0 saturated heterocycles. The number of halogens is 1. The predicted molar refractivity (Wildman–Crippen MR) is 81.1 cm³/mol. The summed E-state index contributed by atoms with van der Waals surface area (Å²) in [5, 5.41) is 0. The van der Waals surface area contributed by atoms with Gasteiger partial charge in [-0.05, 0) is 45.2 Å². The van der Waals surface area contributed by atoms with E-state index in [1.165, 1.54) is 11.0 Å². The van der Waals surface area contributed by atoms with Crippen molar-refractivity contribution in [1.29, 1.82) is 0 Å². The van der Waals surface area contributed by atoms with Gasteiger partial charge < -0.3 is 4.74 Å². The van der Waals surface area contributed by atoms with E-state index in [-0.39, 0.29) is 5.82 Å². The molecule has 4 heteroatoms. The van der Waals surface area contributed by atoms with Crippen LogP contribution in [0.4, 0.5) is 9.18 Å². The van der Waals surface area contributed by atoms with Crippen LogP contribution in [0.1, 0.15) is 39.7 Å². The van der Waals surface area contributed by atoms with E-state index < -0.39 is 11.7 Å².